The molecule has 1 aromatic rings. The lowest BCUT2D eigenvalue weighted by Crippen LogP contribution is -2.50. The van der Waals surface area contributed by atoms with E-state index < -0.39 is 20.0 Å². The van der Waals surface area contributed by atoms with Crippen molar-refractivity contribution in [1.29, 1.82) is 0 Å². The largest absolute Gasteiger partial charge is 0.491 e. The minimum absolute atomic E-state index is 0.0153. The van der Waals surface area contributed by atoms with E-state index in [0.717, 1.165) is 6.26 Å². The molecule has 0 saturated carbocycles. The number of rotatable bonds is 5. The van der Waals surface area contributed by atoms with E-state index in [1.165, 1.54) is 20.7 Å². The Hall–Kier alpha value is -1.16. The van der Waals surface area contributed by atoms with Gasteiger partial charge in [0.25, 0.3) is 0 Å². The van der Waals surface area contributed by atoms with Crippen molar-refractivity contribution >= 4 is 20.0 Å². The molecule has 0 unspecified atom stereocenters. The second-order valence-electron chi connectivity index (χ2n) is 5.70. The lowest BCUT2D eigenvalue weighted by Gasteiger charge is -2.32. The van der Waals surface area contributed by atoms with Crippen molar-refractivity contribution in [3.63, 3.8) is 0 Å². The average Bonchev–Trinajstić information content (AvgIpc) is 2.46. The van der Waals surface area contributed by atoms with Gasteiger partial charge in [-0.3, -0.25) is 0 Å². The maximum Gasteiger partial charge on any atom is 0.243 e. The molecule has 9 heteroatoms. The predicted octanol–water partition coefficient (Wildman–Crippen LogP) is 0.740. The van der Waals surface area contributed by atoms with Gasteiger partial charge in [-0.15, -0.1) is 0 Å². The Kier molecular flexibility index (Phi) is 5.34. The van der Waals surface area contributed by atoms with Crippen molar-refractivity contribution in [2.24, 2.45) is 0 Å². The zero-order valence-corrected chi connectivity index (χ0v) is 15.1. The van der Waals surface area contributed by atoms with Crippen LogP contribution >= 0.6 is 0 Å². The number of ether oxygens (including phenoxy) is 1. The van der Waals surface area contributed by atoms with E-state index in [9.17, 15) is 16.8 Å². The van der Waals surface area contributed by atoms with Gasteiger partial charge >= 0.3 is 0 Å². The molecule has 1 aliphatic heterocycles. The van der Waals surface area contributed by atoms with Crippen molar-refractivity contribution in [1.82, 2.24) is 8.61 Å². The first kappa shape index (κ1) is 18.2. The number of benzene rings is 1. The summed E-state index contributed by atoms with van der Waals surface area (Å²) in [6.07, 6.45) is 1.14. The number of piperazine rings is 1. The maximum absolute atomic E-state index is 12.6. The molecule has 0 amide bonds. The molecular weight excluding hydrogens is 340 g/mol. The standard InChI is InChI=1S/C14H22N2O5S2/c1-12(2)21-13-4-6-14(7-5-13)23(19,20)16-10-8-15(9-11-16)22(3,17)18/h4-7,12H,8-11H2,1-3H3. The summed E-state index contributed by atoms with van der Waals surface area (Å²) >= 11 is 0. The molecule has 130 valence electrons. The van der Waals surface area contributed by atoms with Crippen LogP contribution in [0.2, 0.25) is 0 Å². The first-order valence-electron chi connectivity index (χ1n) is 7.32. The van der Waals surface area contributed by atoms with Crippen molar-refractivity contribution < 1.29 is 21.6 Å². The van der Waals surface area contributed by atoms with Crippen LogP contribution in [-0.4, -0.2) is 64.0 Å². The SMILES string of the molecule is CC(C)Oc1ccc(S(=O)(=O)N2CCN(S(C)(=O)=O)CC2)cc1. The normalized spacial score (nSPS) is 18.3. The van der Waals surface area contributed by atoms with Crippen LogP contribution in [0.15, 0.2) is 29.2 Å². The zero-order chi connectivity index (χ0) is 17.3. The minimum atomic E-state index is -3.62. The number of hydrogen-bond acceptors (Lipinski definition) is 5. The van der Waals surface area contributed by atoms with Gasteiger partial charge in [0.15, 0.2) is 0 Å². The van der Waals surface area contributed by atoms with Crippen LogP contribution in [-0.2, 0) is 20.0 Å². The Morgan fingerprint density at radius 1 is 0.913 bits per heavy atom. The van der Waals surface area contributed by atoms with E-state index in [1.54, 1.807) is 12.1 Å². The fourth-order valence-electron chi connectivity index (χ4n) is 2.35. The molecule has 0 atom stereocenters. The summed E-state index contributed by atoms with van der Waals surface area (Å²) in [6.45, 7) is 4.44. The summed E-state index contributed by atoms with van der Waals surface area (Å²) in [4.78, 5) is 0.182. The molecule has 0 bridgehead atoms. The van der Waals surface area contributed by atoms with E-state index in [-0.39, 0.29) is 37.2 Å². The second kappa shape index (κ2) is 6.76. The Morgan fingerprint density at radius 3 is 1.83 bits per heavy atom. The molecule has 0 N–H and O–H groups in total. The third-order valence-electron chi connectivity index (χ3n) is 3.50. The van der Waals surface area contributed by atoms with Gasteiger partial charge in [-0.25, -0.2) is 16.8 Å². The quantitative estimate of drug-likeness (QED) is 0.771. The van der Waals surface area contributed by atoms with Crippen LogP contribution < -0.4 is 4.74 Å². The third kappa shape index (κ3) is 4.43. The maximum atomic E-state index is 12.6. The smallest absolute Gasteiger partial charge is 0.243 e. The average molecular weight is 362 g/mol. The van der Waals surface area contributed by atoms with Crippen LogP contribution in [0.1, 0.15) is 13.8 Å². The van der Waals surface area contributed by atoms with Crippen LogP contribution in [0.25, 0.3) is 0 Å². The topological polar surface area (TPSA) is 84.0 Å². The highest BCUT2D eigenvalue weighted by atomic mass is 32.2. The van der Waals surface area contributed by atoms with Gasteiger partial charge < -0.3 is 4.74 Å². The highest BCUT2D eigenvalue weighted by molar-refractivity contribution is 7.89. The fourth-order valence-corrected chi connectivity index (χ4v) is 4.60. The van der Waals surface area contributed by atoms with E-state index in [4.69, 9.17) is 4.74 Å². The van der Waals surface area contributed by atoms with Gasteiger partial charge in [-0.05, 0) is 38.1 Å². The van der Waals surface area contributed by atoms with Crippen LogP contribution in [0.5, 0.6) is 5.75 Å². The van der Waals surface area contributed by atoms with Crippen molar-refractivity contribution in [2.45, 2.75) is 24.8 Å². The minimum Gasteiger partial charge on any atom is -0.491 e. The Morgan fingerprint density at radius 2 is 1.39 bits per heavy atom. The molecule has 1 aromatic carbocycles. The fraction of sp³-hybridized carbons (Fsp3) is 0.571. The Bertz CT molecular complexity index is 734. The van der Waals surface area contributed by atoms with E-state index in [0.29, 0.717) is 5.75 Å². The summed E-state index contributed by atoms with van der Waals surface area (Å²) in [5.74, 6) is 0.612. The van der Waals surface area contributed by atoms with Gasteiger partial charge in [0.2, 0.25) is 20.0 Å². The highest BCUT2D eigenvalue weighted by Gasteiger charge is 2.31. The molecule has 1 aliphatic rings. The third-order valence-corrected chi connectivity index (χ3v) is 6.72. The molecule has 2 rings (SSSR count). The molecule has 1 fully saturated rings. The molecule has 0 radical (unpaired) electrons. The zero-order valence-electron chi connectivity index (χ0n) is 13.5. The number of nitrogens with zero attached hydrogens (tertiary/aromatic N) is 2. The van der Waals surface area contributed by atoms with Gasteiger partial charge in [0, 0.05) is 26.2 Å². The summed E-state index contributed by atoms with van der Waals surface area (Å²) in [5, 5.41) is 0. The van der Waals surface area contributed by atoms with Crippen LogP contribution in [0.3, 0.4) is 0 Å². The van der Waals surface area contributed by atoms with E-state index >= 15 is 0 Å². The second-order valence-corrected chi connectivity index (χ2v) is 9.62. The molecule has 0 spiro atoms. The van der Waals surface area contributed by atoms with E-state index in [1.807, 2.05) is 13.8 Å². The summed E-state index contributed by atoms with van der Waals surface area (Å²) in [5.41, 5.74) is 0. The Balaban J connectivity index is 2.10. The molecule has 1 saturated heterocycles. The number of sulfonamides is 2. The van der Waals surface area contributed by atoms with Crippen molar-refractivity contribution in [3.8, 4) is 5.75 Å². The van der Waals surface area contributed by atoms with E-state index in [2.05, 4.69) is 0 Å². The van der Waals surface area contributed by atoms with Gasteiger partial charge in [0.1, 0.15) is 5.75 Å². The summed E-state index contributed by atoms with van der Waals surface area (Å²) < 4.78 is 56.3. The highest BCUT2D eigenvalue weighted by Crippen LogP contribution is 2.21. The Labute approximate surface area is 137 Å². The van der Waals surface area contributed by atoms with Crippen LogP contribution in [0, 0.1) is 0 Å². The lowest BCUT2D eigenvalue weighted by atomic mass is 10.3. The van der Waals surface area contributed by atoms with Gasteiger partial charge in [0.05, 0.1) is 17.3 Å². The lowest BCUT2D eigenvalue weighted by molar-refractivity contribution is 0.242. The van der Waals surface area contributed by atoms with Gasteiger partial charge in [-0.1, -0.05) is 0 Å². The monoisotopic (exact) mass is 362 g/mol. The molecule has 1 heterocycles. The first-order chi connectivity index (χ1) is 10.6. The summed E-state index contributed by atoms with van der Waals surface area (Å²) in [6, 6.07) is 6.27. The summed E-state index contributed by atoms with van der Waals surface area (Å²) in [7, 11) is -6.90. The number of hydrogen-bond donors (Lipinski definition) is 0. The molecule has 23 heavy (non-hydrogen) atoms. The molecule has 7 nitrogen and oxygen atoms in total. The van der Waals surface area contributed by atoms with Crippen molar-refractivity contribution in [3.05, 3.63) is 24.3 Å². The van der Waals surface area contributed by atoms with Crippen LogP contribution in [0.4, 0.5) is 0 Å². The molecule has 0 aromatic heterocycles. The van der Waals surface area contributed by atoms with Crippen molar-refractivity contribution in [2.75, 3.05) is 32.4 Å². The van der Waals surface area contributed by atoms with Gasteiger partial charge in [-0.2, -0.15) is 8.61 Å². The predicted molar refractivity (Wildman–Crippen MR) is 87.4 cm³/mol. The first-order valence-corrected chi connectivity index (χ1v) is 10.6. The molecular formula is C14H22N2O5S2. The molecule has 0 aliphatic carbocycles.